The summed E-state index contributed by atoms with van der Waals surface area (Å²) in [6.07, 6.45) is 0. The van der Waals surface area contributed by atoms with Crippen LogP contribution in [0.4, 0.5) is 11.4 Å². The predicted octanol–water partition coefficient (Wildman–Crippen LogP) is 4.87. The number of halogens is 1. The van der Waals surface area contributed by atoms with Gasteiger partial charge in [0.1, 0.15) is 5.02 Å². The first-order valence-corrected chi connectivity index (χ1v) is 8.12. The fourth-order valence-electron chi connectivity index (χ4n) is 2.50. The zero-order valence-corrected chi connectivity index (χ0v) is 14.5. The van der Waals surface area contributed by atoms with Crippen molar-refractivity contribution in [1.29, 1.82) is 0 Å². The summed E-state index contributed by atoms with van der Waals surface area (Å²) in [5.74, 6) is -0.397. The number of nitro benzene ring substituents is 1. The Bertz CT molecular complexity index is 991. The number of pyridine rings is 1. The number of benzene rings is 2. The molecule has 2 aromatic carbocycles. The molecule has 0 aliphatic rings. The van der Waals surface area contributed by atoms with Crippen LogP contribution < -0.4 is 5.32 Å². The summed E-state index contributed by atoms with van der Waals surface area (Å²) < 4.78 is 0. The summed E-state index contributed by atoms with van der Waals surface area (Å²) in [4.78, 5) is 27.3. The van der Waals surface area contributed by atoms with Crippen LogP contribution in [0.15, 0.2) is 60.7 Å². The lowest BCUT2D eigenvalue weighted by Gasteiger charge is -2.09. The fraction of sp³-hybridized carbons (Fsp3) is 0.0526. The average Bonchev–Trinajstić information content (AvgIpc) is 2.63. The highest BCUT2D eigenvalue weighted by molar-refractivity contribution is 6.32. The summed E-state index contributed by atoms with van der Waals surface area (Å²) in [5.41, 5.74) is 2.70. The molecule has 1 aromatic heterocycles. The molecule has 130 valence electrons. The third-order valence-electron chi connectivity index (χ3n) is 3.80. The highest BCUT2D eigenvalue weighted by Gasteiger charge is 2.16. The van der Waals surface area contributed by atoms with E-state index in [1.807, 2.05) is 30.3 Å². The number of amides is 1. The van der Waals surface area contributed by atoms with Crippen LogP contribution in [0.2, 0.25) is 5.02 Å². The Balaban J connectivity index is 1.85. The molecule has 7 heteroatoms. The van der Waals surface area contributed by atoms with Gasteiger partial charge in [-0.15, -0.1) is 0 Å². The van der Waals surface area contributed by atoms with Gasteiger partial charge in [-0.1, -0.05) is 41.9 Å². The van der Waals surface area contributed by atoms with Crippen LogP contribution in [-0.2, 0) is 0 Å². The van der Waals surface area contributed by atoms with Crippen molar-refractivity contribution in [1.82, 2.24) is 4.98 Å². The van der Waals surface area contributed by atoms with Gasteiger partial charge < -0.3 is 5.32 Å². The Morgan fingerprint density at radius 3 is 2.50 bits per heavy atom. The Morgan fingerprint density at radius 2 is 1.85 bits per heavy atom. The van der Waals surface area contributed by atoms with E-state index in [2.05, 4.69) is 10.3 Å². The standard InChI is InChI=1S/C19H14ClN3O3/c1-12-15(8-10-17(21-12)13-5-3-2-4-6-13)19(24)22-14-7-9-16(20)18(11-14)23(25)26/h2-11H,1H3,(H,22,24). The third-order valence-corrected chi connectivity index (χ3v) is 4.12. The lowest BCUT2D eigenvalue weighted by Crippen LogP contribution is -2.14. The van der Waals surface area contributed by atoms with E-state index in [-0.39, 0.29) is 16.4 Å². The Hall–Kier alpha value is -3.25. The van der Waals surface area contributed by atoms with Crippen molar-refractivity contribution in [3.63, 3.8) is 0 Å². The quantitative estimate of drug-likeness (QED) is 0.526. The molecule has 3 rings (SSSR count). The van der Waals surface area contributed by atoms with Gasteiger partial charge in [0, 0.05) is 17.3 Å². The Kier molecular flexibility index (Phi) is 4.95. The van der Waals surface area contributed by atoms with Crippen LogP contribution in [0, 0.1) is 17.0 Å². The van der Waals surface area contributed by atoms with Crippen molar-refractivity contribution in [3.8, 4) is 11.3 Å². The summed E-state index contributed by atoms with van der Waals surface area (Å²) in [6, 6.07) is 17.2. The molecule has 1 heterocycles. The number of nitro groups is 1. The minimum absolute atomic E-state index is 0.0121. The maximum absolute atomic E-state index is 12.5. The zero-order chi connectivity index (χ0) is 18.7. The van der Waals surface area contributed by atoms with Gasteiger partial charge in [0.15, 0.2) is 0 Å². The van der Waals surface area contributed by atoms with Crippen LogP contribution in [0.1, 0.15) is 16.1 Å². The van der Waals surface area contributed by atoms with Crippen molar-refractivity contribution in [2.45, 2.75) is 6.92 Å². The van der Waals surface area contributed by atoms with Gasteiger partial charge in [0.2, 0.25) is 0 Å². The van der Waals surface area contributed by atoms with Crippen molar-refractivity contribution in [3.05, 3.63) is 87.1 Å². The first kappa shape index (κ1) is 17.6. The van der Waals surface area contributed by atoms with Crippen LogP contribution in [0.25, 0.3) is 11.3 Å². The van der Waals surface area contributed by atoms with Gasteiger partial charge in [0.05, 0.1) is 21.9 Å². The smallest absolute Gasteiger partial charge is 0.289 e. The fourth-order valence-corrected chi connectivity index (χ4v) is 2.69. The molecule has 0 saturated heterocycles. The van der Waals surface area contributed by atoms with Crippen LogP contribution in [0.5, 0.6) is 0 Å². The van der Waals surface area contributed by atoms with Crippen molar-refractivity contribution >= 4 is 28.9 Å². The highest BCUT2D eigenvalue weighted by atomic mass is 35.5. The maximum atomic E-state index is 12.5. The van der Waals surface area contributed by atoms with Gasteiger partial charge in [-0.2, -0.15) is 0 Å². The van der Waals surface area contributed by atoms with E-state index >= 15 is 0 Å². The summed E-state index contributed by atoms with van der Waals surface area (Å²) in [5, 5.41) is 13.6. The second-order valence-electron chi connectivity index (χ2n) is 5.57. The number of carbonyl (C=O) groups is 1. The maximum Gasteiger partial charge on any atom is 0.289 e. The third kappa shape index (κ3) is 3.70. The molecule has 1 amide bonds. The minimum Gasteiger partial charge on any atom is -0.322 e. The largest absolute Gasteiger partial charge is 0.322 e. The molecule has 0 fully saturated rings. The predicted molar refractivity (Wildman–Crippen MR) is 100 cm³/mol. The van der Waals surface area contributed by atoms with Gasteiger partial charge in [-0.25, -0.2) is 0 Å². The number of hydrogen-bond donors (Lipinski definition) is 1. The molecule has 0 spiro atoms. The molecule has 0 atom stereocenters. The molecular formula is C19H14ClN3O3. The van der Waals surface area contributed by atoms with Gasteiger partial charge in [-0.3, -0.25) is 19.9 Å². The second kappa shape index (κ2) is 7.33. The van der Waals surface area contributed by atoms with Crippen LogP contribution in [-0.4, -0.2) is 15.8 Å². The van der Waals surface area contributed by atoms with Gasteiger partial charge in [-0.05, 0) is 31.2 Å². The Labute approximate surface area is 154 Å². The Morgan fingerprint density at radius 1 is 1.12 bits per heavy atom. The molecule has 0 unspecified atom stereocenters. The topological polar surface area (TPSA) is 85.1 Å². The molecule has 0 saturated carbocycles. The number of aromatic nitrogens is 1. The van der Waals surface area contributed by atoms with E-state index in [1.54, 1.807) is 19.1 Å². The molecule has 6 nitrogen and oxygen atoms in total. The molecule has 0 aliphatic heterocycles. The van der Waals surface area contributed by atoms with E-state index in [0.29, 0.717) is 11.3 Å². The molecule has 3 aromatic rings. The first-order valence-electron chi connectivity index (χ1n) is 7.74. The number of anilines is 1. The monoisotopic (exact) mass is 367 g/mol. The second-order valence-corrected chi connectivity index (χ2v) is 5.98. The highest BCUT2D eigenvalue weighted by Crippen LogP contribution is 2.28. The van der Waals surface area contributed by atoms with E-state index in [0.717, 1.165) is 11.3 Å². The molecular weight excluding hydrogens is 354 g/mol. The summed E-state index contributed by atoms with van der Waals surface area (Å²) in [6.45, 7) is 1.74. The SMILES string of the molecule is Cc1nc(-c2ccccc2)ccc1C(=O)Nc1ccc(Cl)c([N+](=O)[O-])c1. The molecule has 1 N–H and O–H groups in total. The first-order chi connectivity index (χ1) is 12.5. The molecule has 0 bridgehead atoms. The normalized spacial score (nSPS) is 10.4. The molecule has 0 radical (unpaired) electrons. The average molecular weight is 368 g/mol. The van der Waals surface area contributed by atoms with E-state index in [9.17, 15) is 14.9 Å². The number of carbonyl (C=O) groups excluding carboxylic acids is 1. The van der Waals surface area contributed by atoms with E-state index < -0.39 is 10.8 Å². The lowest BCUT2D eigenvalue weighted by atomic mass is 10.1. The number of aryl methyl sites for hydroxylation is 1. The summed E-state index contributed by atoms with van der Waals surface area (Å²) >= 11 is 5.78. The van der Waals surface area contributed by atoms with Crippen LogP contribution >= 0.6 is 11.6 Å². The number of nitrogens with zero attached hydrogens (tertiary/aromatic N) is 2. The molecule has 26 heavy (non-hydrogen) atoms. The van der Waals surface area contributed by atoms with Gasteiger partial charge in [0.25, 0.3) is 11.6 Å². The summed E-state index contributed by atoms with van der Waals surface area (Å²) in [7, 11) is 0. The van der Waals surface area contributed by atoms with E-state index in [4.69, 9.17) is 11.6 Å². The van der Waals surface area contributed by atoms with Crippen molar-refractivity contribution in [2.75, 3.05) is 5.32 Å². The van der Waals surface area contributed by atoms with Crippen LogP contribution in [0.3, 0.4) is 0 Å². The van der Waals surface area contributed by atoms with E-state index in [1.165, 1.54) is 18.2 Å². The zero-order valence-electron chi connectivity index (χ0n) is 13.8. The van der Waals surface area contributed by atoms with Crippen molar-refractivity contribution < 1.29 is 9.72 Å². The number of hydrogen-bond acceptors (Lipinski definition) is 4. The van der Waals surface area contributed by atoms with Gasteiger partial charge >= 0.3 is 0 Å². The minimum atomic E-state index is -0.598. The number of rotatable bonds is 4. The van der Waals surface area contributed by atoms with Crippen molar-refractivity contribution in [2.24, 2.45) is 0 Å². The molecule has 0 aliphatic carbocycles. The number of nitrogens with one attached hydrogen (secondary N) is 1. The lowest BCUT2D eigenvalue weighted by molar-refractivity contribution is -0.384.